The van der Waals surface area contributed by atoms with Crippen molar-refractivity contribution in [3.63, 3.8) is 0 Å². The molecule has 158 valence electrons. The molecule has 0 bridgehead atoms. The molecule has 4 N–H and O–H groups in total. The van der Waals surface area contributed by atoms with Gasteiger partial charge in [0.25, 0.3) is 0 Å². The van der Waals surface area contributed by atoms with Gasteiger partial charge >= 0.3 is 6.03 Å². The van der Waals surface area contributed by atoms with Gasteiger partial charge in [-0.05, 0) is 57.4 Å². The van der Waals surface area contributed by atoms with Gasteiger partial charge in [0.05, 0.1) is 23.6 Å². The molecule has 2 rings (SSSR count). The third kappa shape index (κ3) is 6.69. The van der Waals surface area contributed by atoms with Crippen molar-refractivity contribution in [2.75, 3.05) is 13.2 Å². The highest BCUT2D eigenvalue weighted by atomic mass is 32.2. The predicted molar refractivity (Wildman–Crippen MR) is 102 cm³/mol. The Morgan fingerprint density at radius 1 is 1.29 bits per heavy atom. The minimum absolute atomic E-state index is 0.000959. The van der Waals surface area contributed by atoms with Crippen LogP contribution < -0.4 is 15.4 Å². The van der Waals surface area contributed by atoms with Crippen LogP contribution in [0, 0.1) is 5.82 Å². The number of aliphatic hydroxyl groups is 1. The number of urea groups is 1. The molecule has 0 unspecified atom stereocenters. The highest BCUT2D eigenvalue weighted by Gasteiger charge is 2.32. The summed E-state index contributed by atoms with van der Waals surface area (Å²) in [6, 6.07) is 3.97. The number of ether oxygens (including phenoxy) is 1. The molecule has 28 heavy (non-hydrogen) atoms. The summed E-state index contributed by atoms with van der Waals surface area (Å²) >= 11 is 0. The molecule has 1 fully saturated rings. The van der Waals surface area contributed by atoms with Gasteiger partial charge in [-0.25, -0.2) is 22.3 Å². The van der Waals surface area contributed by atoms with E-state index in [1.807, 2.05) is 13.8 Å². The van der Waals surface area contributed by atoms with Crippen LogP contribution in [0.25, 0.3) is 0 Å². The maximum Gasteiger partial charge on any atom is 0.315 e. The van der Waals surface area contributed by atoms with E-state index in [1.54, 1.807) is 0 Å². The number of hydrogen-bond donors (Lipinski definition) is 4. The van der Waals surface area contributed by atoms with Gasteiger partial charge in [-0.15, -0.1) is 0 Å². The Bertz CT molecular complexity index is 742. The summed E-state index contributed by atoms with van der Waals surface area (Å²) in [5, 5.41) is 15.1. The van der Waals surface area contributed by atoms with Crippen LogP contribution in [-0.4, -0.2) is 57.0 Å². The number of rotatable bonds is 8. The number of hydrogen-bond acceptors (Lipinski definition) is 5. The monoisotopic (exact) mass is 417 g/mol. The van der Waals surface area contributed by atoms with Crippen LogP contribution in [-0.2, 0) is 14.8 Å². The molecule has 1 aliphatic heterocycles. The van der Waals surface area contributed by atoms with Crippen molar-refractivity contribution < 1.29 is 27.4 Å². The second kappa shape index (κ2) is 10.1. The van der Waals surface area contributed by atoms with E-state index < -0.39 is 21.9 Å². The van der Waals surface area contributed by atoms with E-state index in [0.29, 0.717) is 19.3 Å². The second-order valence-electron chi connectivity index (χ2n) is 7.08. The average Bonchev–Trinajstić information content (AvgIpc) is 2.62. The fourth-order valence-electron chi connectivity index (χ4n) is 3.03. The minimum Gasteiger partial charge on any atom is -0.394 e. The van der Waals surface area contributed by atoms with Gasteiger partial charge in [-0.1, -0.05) is 0 Å². The summed E-state index contributed by atoms with van der Waals surface area (Å²) < 4.78 is 45.6. The number of halogens is 1. The molecule has 1 aromatic rings. The van der Waals surface area contributed by atoms with Crippen LogP contribution in [0.4, 0.5) is 9.18 Å². The molecule has 3 atom stereocenters. The summed E-state index contributed by atoms with van der Waals surface area (Å²) in [4.78, 5) is 11.8. The lowest BCUT2D eigenvalue weighted by molar-refractivity contribution is -0.0886. The van der Waals surface area contributed by atoms with Crippen molar-refractivity contribution in [3.05, 3.63) is 30.1 Å². The van der Waals surface area contributed by atoms with Crippen LogP contribution in [0.15, 0.2) is 29.2 Å². The van der Waals surface area contributed by atoms with Gasteiger partial charge in [0.2, 0.25) is 10.0 Å². The molecule has 0 spiro atoms. The van der Waals surface area contributed by atoms with Gasteiger partial charge in [-0.2, -0.15) is 0 Å². The number of sulfonamides is 1. The van der Waals surface area contributed by atoms with E-state index in [-0.39, 0.29) is 42.3 Å². The summed E-state index contributed by atoms with van der Waals surface area (Å²) in [5.41, 5.74) is 0. The van der Waals surface area contributed by atoms with Crippen molar-refractivity contribution >= 4 is 16.1 Å². The molecule has 10 heteroatoms. The molecule has 2 amide bonds. The Kier molecular flexibility index (Phi) is 8.17. The highest BCUT2D eigenvalue weighted by molar-refractivity contribution is 7.89. The summed E-state index contributed by atoms with van der Waals surface area (Å²) in [5.74, 6) is -0.505. The van der Waals surface area contributed by atoms with E-state index in [0.717, 1.165) is 12.1 Å². The largest absolute Gasteiger partial charge is 0.394 e. The second-order valence-corrected chi connectivity index (χ2v) is 8.84. The van der Waals surface area contributed by atoms with Crippen LogP contribution >= 0.6 is 0 Å². The van der Waals surface area contributed by atoms with Gasteiger partial charge < -0.3 is 20.5 Å². The Hall–Kier alpha value is -1.75. The fraction of sp³-hybridized carbons (Fsp3) is 0.611. The lowest BCUT2D eigenvalue weighted by Crippen LogP contribution is -2.54. The molecule has 0 aromatic heterocycles. The van der Waals surface area contributed by atoms with Gasteiger partial charge in [0.15, 0.2) is 0 Å². The Labute approximate surface area is 164 Å². The van der Waals surface area contributed by atoms with Gasteiger partial charge in [0, 0.05) is 12.6 Å². The van der Waals surface area contributed by atoms with Crippen molar-refractivity contribution in [3.8, 4) is 0 Å². The molecule has 0 radical (unpaired) electrons. The zero-order valence-electron chi connectivity index (χ0n) is 16.0. The summed E-state index contributed by atoms with van der Waals surface area (Å²) in [6.45, 7) is 3.60. The first kappa shape index (κ1) is 22.5. The van der Waals surface area contributed by atoms with E-state index in [1.165, 1.54) is 12.1 Å². The number of amides is 2. The fourth-order valence-corrected chi connectivity index (χ4v) is 4.08. The number of carbonyl (C=O) groups is 1. The van der Waals surface area contributed by atoms with Crippen LogP contribution in [0.3, 0.4) is 0 Å². The first-order chi connectivity index (χ1) is 13.2. The van der Waals surface area contributed by atoms with Crippen LogP contribution in [0.2, 0.25) is 0 Å². The van der Waals surface area contributed by atoms with Crippen molar-refractivity contribution in [1.29, 1.82) is 0 Å². The SMILES string of the molecule is CC(C)NC(=O)N[C@@H]1CC[C@H](CCNS(=O)(=O)c2ccc(F)cc2)O[C@H]1CO. The molecular formula is C18H28FN3O5S. The Morgan fingerprint density at radius 3 is 2.57 bits per heavy atom. The number of carbonyl (C=O) groups excluding carboxylic acids is 1. The molecule has 0 aliphatic carbocycles. The summed E-state index contributed by atoms with van der Waals surface area (Å²) in [7, 11) is -3.72. The number of aliphatic hydroxyl groups excluding tert-OH is 1. The van der Waals surface area contributed by atoms with Gasteiger partial charge in [-0.3, -0.25) is 0 Å². The maximum atomic E-state index is 12.9. The maximum absolute atomic E-state index is 12.9. The molecule has 1 aromatic carbocycles. The molecule has 8 nitrogen and oxygen atoms in total. The molecule has 1 aliphatic rings. The first-order valence-corrected chi connectivity index (χ1v) is 10.8. The van der Waals surface area contributed by atoms with Crippen molar-refractivity contribution in [2.24, 2.45) is 0 Å². The zero-order valence-corrected chi connectivity index (χ0v) is 16.8. The van der Waals surface area contributed by atoms with Gasteiger partial charge in [0.1, 0.15) is 11.9 Å². The standard InChI is InChI=1S/C18H28FN3O5S/c1-12(2)21-18(24)22-16-8-5-14(27-17(16)11-23)9-10-20-28(25,26)15-6-3-13(19)4-7-15/h3-4,6-7,12,14,16-17,20,23H,5,8-11H2,1-2H3,(H2,21,22,24)/t14-,16-,17+/m1/s1. The molecule has 0 saturated carbocycles. The van der Waals surface area contributed by atoms with E-state index in [2.05, 4.69) is 15.4 Å². The van der Waals surface area contributed by atoms with E-state index in [9.17, 15) is 22.7 Å². The first-order valence-electron chi connectivity index (χ1n) is 9.30. The predicted octanol–water partition coefficient (Wildman–Crippen LogP) is 1.11. The third-order valence-electron chi connectivity index (χ3n) is 4.41. The smallest absolute Gasteiger partial charge is 0.315 e. The highest BCUT2D eigenvalue weighted by Crippen LogP contribution is 2.22. The van der Waals surface area contributed by atoms with Crippen LogP contribution in [0.5, 0.6) is 0 Å². The average molecular weight is 418 g/mol. The lowest BCUT2D eigenvalue weighted by atomic mass is 9.97. The minimum atomic E-state index is -3.72. The Morgan fingerprint density at radius 2 is 1.96 bits per heavy atom. The summed E-state index contributed by atoms with van der Waals surface area (Å²) in [6.07, 6.45) is 0.875. The third-order valence-corrected chi connectivity index (χ3v) is 5.89. The zero-order chi connectivity index (χ0) is 20.7. The van der Waals surface area contributed by atoms with Crippen molar-refractivity contribution in [1.82, 2.24) is 15.4 Å². The topological polar surface area (TPSA) is 117 Å². The lowest BCUT2D eigenvalue weighted by Gasteiger charge is -2.36. The molecule has 1 saturated heterocycles. The normalized spacial score (nSPS) is 22.8. The quantitative estimate of drug-likeness (QED) is 0.506. The molecule has 1 heterocycles. The van der Waals surface area contributed by atoms with E-state index in [4.69, 9.17) is 4.74 Å². The molecular weight excluding hydrogens is 389 g/mol. The number of nitrogens with one attached hydrogen (secondary N) is 3. The van der Waals surface area contributed by atoms with E-state index >= 15 is 0 Å². The van der Waals surface area contributed by atoms with Crippen LogP contribution in [0.1, 0.15) is 33.1 Å². The van der Waals surface area contributed by atoms with Crippen molar-refractivity contribution in [2.45, 2.75) is 62.3 Å². The Balaban J connectivity index is 1.81. The number of benzene rings is 1.